The van der Waals surface area contributed by atoms with Gasteiger partial charge in [0.25, 0.3) is 0 Å². The Balaban J connectivity index is 2.48. The van der Waals surface area contributed by atoms with E-state index >= 15 is 0 Å². The van der Waals surface area contributed by atoms with Gasteiger partial charge >= 0.3 is 0 Å². The Bertz CT molecular complexity index is 536. The van der Waals surface area contributed by atoms with E-state index in [1.54, 1.807) is 6.07 Å². The number of benzene rings is 1. The van der Waals surface area contributed by atoms with E-state index in [0.29, 0.717) is 11.0 Å². The maximum atomic E-state index is 5.92. The number of nitrogens with zero attached hydrogens (tertiary/aromatic N) is 3. The lowest BCUT2D eigenvalue weighted by atomic mass is 10.2. The largest absolute Gasteiger partial charge is 0.368 e. The van der Waals surface area contributed by atoms with Crippen LogP contribution in [-0.4, -0.2) is 16.5 Å². The van der Waals surface area contributed by atoms with Crippen LogP contribution in [-0.2, 0) is 0 Å². The molecule has 94 valence electrons. The number of halogens is 1. The van der Waals surface area contributed by atoms with Crippen molar-refractivity contribution < 1.29 is 0 Å². The third-order valence-electron chi connectivity index (χ3n) is 2.70. The predicted octanol–water partition coefficient (Wildman–Crippen LogP) is 3.18. The first-order valence-electron chi connectivity index (χ1n) is 5.75. The van der Waals surface area contributed by atoms with Crippen LogP contribution in [0.5, 0.6) is 0 Å². The minimum atomic E-state index is 0.185. The Kier molecular flexibility index (Phi) is 3.67. The first-order chi connectivity index (χ1) is 8.61. The van der Waals surface area contributed by atoms with E-state index in [1.165, 1.54) is 5.56 Å². The molecule has 0 saturated carbocycles. The molecule has 0 unspecified atom stereocenters. The van der Waals surface area contributed by atoms with Crippen LogP contribution in [0.2, 0.25) is 5.15 Å². The first-order valence-corrected chi connectivity index (χ1v) is 6.13. The molecule has 2 rings (SSSR count). The minimum Gasteiger partial charge on any atom is -0.368 e. The zero-order chi connectivity index (χ0) is 13.1. The first kappa shape index (κ1) is 12.6. The lowest BCUT2D eigenvalue weighted by Gasteiger charge is -2.24. The highest BCUT2D eigenvalue weighted by Crippen LogP contribution is 2.28. The zero-order valence-electron chi connectivity index (χ0n) is 10.4. The summed E-state index contributed by atoms with van der Waals surface area (Å²) in [6.07, 6.45) is 0. The molecule has 2 aromatic rings. The van der Waals surface area contributed by atoms with Crippen molar-refractivity contribution in [3.63, 3.8) is 0 Å². The minimum absolute atomic E-state index is 0.185. The van der Waals surface area contributed by atoms with Gasteiger partial charge in [-0.1, -0.05) is 29.8 Å². The lowest BCUT2D eigenvalue weighted by Crippen LogP contribution is -2.19. The maximum Gasteiger partial charge on any atom is 0.223 e. The number of nitrogen functional groups attached to an aromatic ring is 1. The van der Waals surface area contributed by atoms with Crippen molar-refractivity contribution in [2.24, 2.45) is 0 Å². The fourth-order valence-electron chi connectivity index (χ4n) is 1.88. The maximum absolute atomic E-state index is 5.92. The Labute approximate surface area is 111 Å². The molecule has 0 amide bonds. The Morgan fingerprint density at radius 3 is 2.61 bits per heavy atom. The predicted molar refractivity (Wildman–Crippen MR) is 75.3 cm³/mol. The number of para-hydroxylation sites is 1. The molecule has 4 nitrogen and oxygen atoms in total. The molecule has 18 heavy (non-hydrogen) atoms. The molecule has 2 N–H and O–H groups in total. The number of anilines is 3. The lowest BCUT2D eigenvalue weighted by molar-refractivity contribution is 0.974. The standard InChI is InChI=1S/C13H15ClN4/c1-3-18(10-7-5-4-6-9(10)2)12-8-11(14)16-13(15)17-12/h4-8H,3H2,1-2H3,(H2,15,16,17). The van der Waals surface area contributed by atoms with E-state index in [9.17, 15) is 0 Å². The molecule has 0 aliphatic heterocycles. The monoisotopic (exact) mass is 262 g/mol. The fourth-order valence-corrected chi connectivity index (χ4v) is 2.07. The van der Waals surface area contributed by atoms with E-state index < -0.39 is 0 Å². The smallest absolute Gasteiger partial charge is 0.223 e. The molecule has 0 aliphatic carbocycles. The average molecular weight is 263 g/mol. The van der Waals surface area contributed by atoms with E-state index in [2.05, 4.69) is 34.8 Å². The highest BCUT2D eigenvalue weighted by Gasteiger charge is 2.12. The molecular formula is C13H15ClN4. The highest BCUT2D eigenvalue weighted by molar-refractivity contribution is 6.29. The van der Waals surface area contributed by atoms with E-state index in [1.807, 2.05) is 18.2 Å². The molecule has 0 atom stereocenters. The molecule has 0 fully saturated rings. The second-order valence-corrected chi connectivity index (χ2v) is 4.33. The van der Waals surface area contributed by atoms with Gasteiger partial charge in [0.1, 0.15) is 11.0 Å². The third kappa shape index (κ3) is 2.54. The Hall–Kier alpha value is -1.81. The van der Waals surface area contributed by atoms with Gasteiger partial charge in [0.2, 0.25) is 5.95 Å². The number of nitrogens with two attached hydrogens (primary N) is 1. The van der Waals surface area contributed by atoms with Crippen LogP contribution in [0.15, 0.2) is 30.3 Å². The molecule has 0 saturated heterocycles. The van der Waals surface area contributed by atoms with Gasteiger partial charge in [0.05, 0.1) is 0 Å². The highest BCUT2D eigenvalue weighted by atomic mass is 35.5. The van der Waals surface area contributed by atoms with E-state index in [4.69, 9.17) is 17.3 Å². The summed E-state index contributed by atoms with van der Waals surface area (Å²) in [7, 11) is 0. The normalized spacial score (nSPS) is 10.4. The number of hydrogen-bond donors (Lipinski definition) is 1. The van der Waals surface area contributed by atoms with Gasteiger partial charge in [-0.15, -0.1) is 0 Å². The van der Waals surface area contributed by atoms with Crippen molar-refractivity contribution in [2.75, 3.05) is 17.2 Å². The second-order valence-electron chi connectivity index (χ2n) is 3.94. The number of hydrogen-bond acceptors (Lipinski definition) is 4. The van der Waals surface area contributed by atoms with Crippen molar-refractivity contribution in [3.8, 4) is 0 Å². The Morgan fingerprint density at radius 1 is 1.28 bits per heavy atom. The average Bonchev–Trinajstić information content (AvgIpc) is 2.31. The SMILES string of the molecule is CCN(c1cc(Cl)nc(N)n1)c1ccccc1C. The summed E-state index contributed by atoms with van der Waals surface area (Å²) in [5.74, 6) is 0.897. The van der Waals surface area contributed by atoms with E-state index in [0.717, 1.165) is 12.2 Å². The van der Waals surface area contributed by atoms with Crippen molar-refractivity contribution in [2.45, 2.75) is 13.8 Å². The molecule has 0 radical (unpaired) electrons. The molecule has 1 heterocycles. The topological polar surface area (TPSA) is 55.0 Å². The van der Waals surface area contributed by atoms with Gasteiger partial charge in [-0.05, 0) is 25.5 Å². The van der Waals surface area contributed by atoms with Gasteiger partial charge in [0, 0.05) is 18.3 Å². The number of aryl methyl sites for hydroxylation is 1. The number of rotatable bonds is 3. The second kappa shape index (κ2) is 5.23. The van der Waals surface area contributed by atoms with Crippen molar-refractivity contribution in [1.29, 1.82) is 0 Å². The van der Waals surface area contributed by atoms with Crippen LogP contribution in [0.4, 0.5) is 17.5 Å². The molecular weight excluding hydrogens is 248 g/mol. The molecule has 0 spiro atoms. The molecule has 0 bridgehead atoms. The fraction of sp³-hybridized carbons (Fsp3) is 0.231. The summed E-state index contributed by atoms with van der Waals surface area (Å²) in [5.41, 5.74) is 7.90. The van der Waals surface area contributed by atoms with Crippen LogP contribution < -0.4 is 10.6 Å². The van der Waals surface area contributed by atoms with Crippen molar-refractivity contribution in [1.82, 2.24) is 9.97 Å². The summed E-state index contributed by atoms with van der Waals surface area (Å²) >= 11 is 5.92. The molecule has 5 heteroatoms. The summed E-state index contributed by atoms with van der Waals surface area (Å²) in [4.78, 5) is 10.2. The Morgan fingerprint density at radius 2 is 2.00 bits per heavy atom. The van der Waals surface area contributed by atoms with Crippen LogP contribution in [0.25, 0.3) is 0 Å². The van der Waals surface area contributed by atoms with Crippen molar-refractivity contribution in [3.05, 3.63) is 41.0 Å². The van der Waals surface area contributed by atoms with Crippen molar-refractivity contribution >= 4 is 29.1 Å². The van der Waals surface area contributed by atoms with Gasteiger partial charge < -0.3 is 10.6 Å². The van der Waals surface area contributed by atoms with Gasteiger partial charge in [-0.2, -0.15) is 4.98 Å². The molecule has 0 aliphatic rings. The van der Waals surface area contributed by atoms with Crippen LogP contribution in [0, 0.1) is 6.92 Å². The van der Waals surface area contributed by atoms with Crippen LogP contribution in [0.3, 0.4) is 0 Å². The number of aromatic nitrogens is 2. The van der Waals surface area contributed by atoms with Gasteiger partial charge in [0.15, 0.2) is 0 Å². The van der Waals surface area contributed by atoms with Crippen LogP contribution >= 0.6 is 11.6 Å². The zero-order valence-corrected chi connectivity index (χ0v) is 11.1. The summed E-state index contributed by atoms with van der Waals surface area (Å²) in [6, 6.07) is 9.83. The van der Waals surface area contributed by atoms with Crippen LogP contribution in [0.1, 0.15) is 12.5 Å². The van der Waals surface area contributed by atoms with Gasteiger partial charge in [-0.25, -0.2) is 4.98 Å². The van der Waals surface area contributed by atoms with Gasteiger partial charge in [-0.3, -0.25) is 0 Å². The quantitative estimate of drug-likeness (QED) is 0.863. The summed E-state index contributed by atoms with van der Waals surface area (Å²) < 4.78 is 0. The third-order valence-corrected chi connectivity index (χ3v) is 2.89. The molecule has 1 aromatic heterocycles. The summed E-state index contributed by atoms with van der Waals surface area (Å²) in [5, 5.41) is 0.351. The molecule has 1 aromatic carbocycles. The van der Waals surface area contributed by atoms with E-state index in [-0.39, 0.29) is 5.95 Å². The summed E-state index contributed by atoms with van der Waals surface area (Å²) in [6.45, 7) is 4.89.